The molecule has 0 saturated heterocycles. The third-order valence-electron chi connectivity index (χ3n) is 3.68. The highest BCUT2D eigenvalue weighted by Gasteiger charge is 2.24. The van der Waals surface area contributed by atoms with E-state index in [-0.39, 0.29) is 11.5 Å². The SMILES string of the molecule is O=C(c1ccccc1)C(Sc1ccccc1)c1cccc([N+](=O)[O-])c1. The smallest absolute Gasteiger partial charge is 0.269 e. The van der Waals surface area contributed by atoms with Gasteiger partial charge in [0.25, 0.3) is 5.69 Å². The van der Waals surface area contributed by atoms with E-state index in [1.165, 1.54) is 23.9 Å². The fourth-order valence-corrected chi connectivity index (χ4v) is 3.58. The monoisotopic (exact) mass is 349 g/mol. The van der Waals surface area contributed by atoms with Crippen LogP contribution in [0.3, 0.4) is 0 Å². The third kappa shape index (κ3) is 4.14. The number of nitrogens with zero attached hydrogens (tertiary/aromatic N) is 1. The van der Waals surface area contributed by atoms with Crippen molar-refractivity contribution in [2.75, 3.05) is 0 Å². The Hall–Kier alpha value is -2.92. The van der Waals surface area contributed by atoms with E-state index < -0.39 is 10.2 Å². The molecular formula is C20H15NO3S. The Morgan fingerprint density at radius 3 is 2.16 bits per heavy atom. The van der Waals surface area contributed by atoms with Gasteiger partial charge in [0.1, 0.15) is 0 Å². The zero-order chi connectivity index (χ0) is 17.6. The summed E-state index contributed by atoms with van der Waals surface area (Å²) < 4.78 is 0. The average Bonchev–Trinajstić information content (AvgIpc) is 2.67. The third-order valence-corrected chi connectivity index (χ3v) is 4.94. The lowest BCUT2D eigenvalue weighted by Gasteiger charge is -2.16. The predicted octanol–water partition coefficient (Wildman–Crippen LogP) is 5.31. The van der Waals surface area contributed by atoms with Gasteiger partial charge in [-0.05, 0) is 17.7 Å². The number of carbonyl (C=O) groups excluding carboxylic acids is 1. The van der Waals surface area contributed by atoms with Gasteiger partial charge in [-0.3, -0.25) is 14.9 Å². The molecule has 0 N–H and O–H groups in total. The van der Waals surface area contributed by atoms with Crippen LogP contribution < -0.4 is 0 Å². The second-order valence-corrected chi connectivity index (χ2v) is 6.57. The standard InChI is InChI=1S/C20H15NO3S/c22-19(15-8-3-1-4-9-15)20(25-18-12-5-2-6-13-18)16-10-7-11-17(14-16)21(23)24/h1-14,20H. The van der Waals surface area contributed by atoms with E-state index in [0.29, 0.717) is 11.1 Å². The van der Waals surface area contributed by atoms with Crippen LogP contribution in [-0.4, -0.2) is 10.7 Å². The van der Waals surface area contributed by atoms with Gasteiger partial charge in [0.05, 0.1) is 10.2 Å². The molecule has 0 aliphatic carbocycles. The summed E-state index contributed by atoms with van der Waals surface area (Å²) in [5, 5.41) is 10.5. The second-order valence-electron chi connectivity index (χ2n) is 5.39. The van der Waals surface area contributed by atoms with Gasteiger partial charge in [0.15, 0.2) is 5.78 Å². The van der Waals surface area contributed by atoms with Crippen molar-refractivity contribution in [3.05, 3.63) is 106 Å². The minimum atomic E-state index is -0.551. The van der Waals surface area contributed by atoms with Crippen LogP contribution in [0.2, 0.25) is 0 Å². The number of thioether (sulfide) groups is 1. The highest BCUT2D eigenvalue weighted by molar-refractivity contribution is 8.00. The molecule has 0 saturated carbocycles. The molecule has 3 aromatic rings. The van der Waals surface area contributed by atoms with Gasteiger partial charge < -0.3 is 0 Å². The molecular weight excluding hydrogens is 334 g/mol. The number of nitro benzene ring substituents is 1. The summed E-state index contributed by atoms with van der Waals surface area (Å²) in [7, 11) is 0. The maximum Gasteiger partial charge on any atom is 0.269 e. The number of rotatable bonds is 6. The van der Waals surface area contributed by atoms with Gasteiger partial charge in [0.2, 0.25) is 0 Å². The number of nitro groups is 1. The van der Waals surface area contributed by atoms with Gasteiger partial charge >= 0.3 is 0 Å². The largest absolute Gasteiger partial charge is 0.293 e. The first-order chi connectivity index (χ1) is 12.1. The van der Waals surface area contributed by atoms with Crippen molar-refractivity contribution in [1.82, 2.24) is 0 Å². The number of carbonyl (C=O) groups is 1. The van der Waals surface area contributed by atoms with Crippen LogP contribution in [0, 0.1) is 10.1 Å². The molecule has 0 heterocycles. The molecule has 0 radical (unpaired) electrons. The number of Topliss-reactive ketones (excluding diaryl/α,β-unsaturated/α-hetero) is 1. The summed E-state index contributed by atoms with van der Waals surface area (Å²) >= 11 is 1.39. The van der Waals surface area contributed by atoms with Gasteiger partial charge in [0, 0.05) is 22.6 Å². The minimum Gasteiger partial charge on any atom is -0.293 e. The summed E-state index contributed by atoms with van der Waals surface area (Å²) in [6.07, 6.45) is 0. The van der Waals surface area contributed by atoms with Crippen molar-refractivity contribution in [1.29, 1.82) is 0 Å². The van der Waals surface area contributed by atoms with Crippen LogP contribution in [0.25, 0.3) is 0 Å². The van der Waals surface area contributed by atoms with Crippen LogP contribution in [0.5, 0.6) is 0 Å². The van der Waals surface area contributed by atoms with E-state index in [2.05, 4.69) is 0 Å². The summed E-state index contributed by atoms with van der Waals surface area (Å²) in [5.41, 5.74) is 1.19. The quantitative estimate of drug-likeness (QED) is 0.262. The van der Waals surface area contributed by atoms with Crippen LogP contribution in [0.1, 0.15) is 21.2 Å². The number of benzene rings is 3. The first-order valence-electron chi connectivity index (χ1n) is 7.70. The van der Waals surface area contributed by atoms with Gasteiger partial charge in [-0.2, -0.15) is 0 Å². The number of hydrogen-bond donors (Lipinski definition) is 0. The molecule has 3 aromatic carbocycles. The average molecular weight is 349 g/mol. The van der Waals surface area contributed by atoms with Crippen molar-refractivity contribution < 1.29 is 9.72 Å². The molecule has 0 bridgehead atoms. The van der Waals surface area contributed by atoms with Crippen molar-refractivity contribution in [2.45, 2.75) is 10.1 Å². The van der Waals surface area contributed by atoms with Gasteiger partial charge in [-0.1, -0.05) is 60.7 Å². The molecule has 0 aromatic heterocycles. The molecule has 5 heteroatoms. The zero-order valence-electron chi connectivity index (χ0n) is 13.2. The fraction of sp³-hybridized carbons (Fsp3) is 0.0500. The van der Waals surface area contributed by atoms with E-state index in [9.17, 15) is 14.9 Å². The topological polar surface area (TPSA) is 60.2 Å². The Bertz CT molecular complexity index is 882. The van der Waals surface area contributed by atoms with E-state index in [0.717, 1.165) is 4.90 Å². The summed E-state index contributed by atoms with van der Waals surface area (Å²) in [4.78, 5) is 24.6. The second kappa shape index (κ2) is 7.77. The molecule has 0 fully saturated rings. The Morgan fingerprint density at radius 2 is 1.52 bits per heavy atom. The highest BCUT2D eigenvalue weighted by Crippen LogP contribution is 2.38. The fourth-order valence-electron chi connectivity index (χ4n) is 2.46. The van der Waals surface area contributed by atoms with E-state index in [1.54, 1.807) is 24.3 Å². The van der Waals surface area contributed by atoms with Gasteiger partial charge in [-0.15, -0.1) is 11.8 Å². The molecule has 124 valence electrons. The Labute approximate surface area is 149 Å². The minimum absolute atomic E-state index is 0.0166. The summed E-state index contributed by atoms with van der Waals surface area (Å²) in [6, 6.07) is 24.8. The van der Waals surface area contributed by atoms with Crippen molar-refractivity contribution in [3.8, 4) is 0 Å². The maximum atomic E-state index is 13.0. The van der Waals surface area contributed by atoms with Crippen molar-refractivity contribution in [3.63, 3.8) is 0 Å². The molecule has 0 aliphatic rings. The number of ketones is 1. The lowest BCUT2D eigenvalue weighted by molar-refractivity contribution is -0.384. The van der Waals surface area contributed by atoms with E-state index in [1.807, 2.05) is 48.5 Å². The predicted molar refractivity (Wildman–Crippen MR) is 98.9 cm³/mol. The molecule has 0 aliphatic heterocycles. The Balaban J connectivity index is 2.01. The van der Waals surface area contributed by atoms with E-state index >= 15 is 0 Å². The molecule has 0 amide bonds. The van der Waals surface area contributed by atoms with Crippen LogP contribution >= 0.6 is 11.8 Å². The molecule has 3 rings (SSSR count). The first-order valence-corrected chi connectivity index (χ1v) is 8.58. The first kappa shape index (κ1) is 16.9. The molecule has 1 atom stereocenters. The lowest BCUT2D eigenvalue weighted by Crippen LogP contribution is -2.10. The lowest BCUT2D eigenvalue weighted by atomic mass is 10.0. The Morgan fingerprint density at radius 1 is 0.880 bits per heavy atom. The summed E-state index contributed by atoms with van der Waals surface area (Å²) in [5.74, 6) is -0.0741. The van der Waals surface area contributed by atoms with Crippen LogP contribution in [0.15, 0.2) is 89.8 Å². The van der Waals surface area contributed by atoms with E-state index in [4.69, 9.17) is 0 Å². The molecule has 25 heavy (non-hydrogen) atoms. The van der Waals surface area contributed by atoms with Gasteiger partial charge in [-0.25, -0.2) is 0 Å². The number of non-ortho nitro benzene ring substituents is 1. The zero-order valence-corrected chi connectivity index (χ0v) is 14.1. The number of hydrogen-bond acceptors (Lipinski definition) is 4. The summed E-state index contributed by atoms with van der Waals surface area (Å²) in [6.45, 7) is 0. The van der Waals surface area contributed by atoms with Crippen LogP contribution in [0.4, 0.5) is 5.69 Å². The van der Waals surface area contributed by atoms with Crippen LogP contribution in [-0.2, 0) is 0 Å². The molecule has 0 spiro atoms. The van der Waals surface area contributed by atoms with Crippen molar-refractivity contribution >= 4 is 23.2 Å². The Kier molecular flexibility index (Phi) is 5.26. The molecule has 1 unspecified atom stereocenters. The molecule has 4 nitrogen and oxygen atoms in total. The van der Waals surface area contributed by atoms with Crippen molar-refractivity contribution in [2.24, 2.45) is 0 Å². The normalized spacial score (nSPS) is 11.7. The maximum absolute atomic E-state index is 13.0. The highest BCUT2D eigenvalue weighted by atomic mass is 32.2.